The highest BCUT2D eigenvalue weighted by Gasteiger charge is 2.31. The fraction of sp³-hybridized carbons (Fsp3) is 0.571. The van der Waals surface area contributed by atoms with E-state index < -0.39 is 5.60 Å². The molecule has 4 nitrogen and oxygen atoms in total. The Labute approximate surface area is 127 Å². The normalized spacial score (nSPS) is 26.9. The molecule has 0 atom stereocenters. The summed E-state index contributed by atoms with van der Waals surface area (Å²) in [5.74, 6) is 0.904. The Hall–Kier alpha value is -0.910. The van der Waals surface area contributed by atoms with Crippen LogP contribution in [0.5, 0.6) is 0 Å². The number of aliphatic hydroxyl groups is 1. The molecule has 0 aliphatic heterocycles. The number of rotatable bonds is 2. The minimum Gasteiger partial charge on any atom is -0.390 e. The van der Waals surface area contributed by atoms with E-state index in [2.05, 4.69) is 21.9 Å². The van der Waals surface area contributed by atoms with Gasteiger partial charge in [-0.2, -0.15) is 4.98 Å². The van der Waals surface area contributed by atoms with Crippen LogP contribution in [0.25, 0.3) is 10.2 Å². The number of hydrogen-bond acceptors (Lipinski definition) is 5. The Morgan fingerprint density at radius 2 is 2.10 bits per heavy atom. The van der Waals surface area contributed by atoms with E-state index in [-0.39, 0.29) is 0 Å². The standard InChI is InChI=1S/C14H18ClN3OS/c1-14(19)6-3-9(4-7-14)18(2)12-11-10(5-8-20-11)16-13(15)17-12/h5,8-9,19H,3-4,6-7H2,1-2H3. The topological polar surface area (TPSA) is 49.2 Å². The van der Waals surface area contributed by atoms with Gasteiger partial charge in [-0.3, -0.25) is 0 Å². The highest BCUT2D eigenvalue weighted by atomic mass is 35.5. The van der Waals surface area contributed by atoms with Crippen LogP contribution in [-0.2, 0) is 0 Å². The first-order chi connectivity index (χ1) is 9.46. The lowest BCUT2D eigenvalue weighted by molar-refractivity contribution is 0.0174. The van der Waals surface area contributed by atoms with Crippen LogP contribution in [0.15, 0.2) is 11.4 Å². The van der Waals surface area contributed by atoms with Gasteiger partial charge >= 0.3 is 0 Å². The molecule has 2 aromatic rings. The molecule has 2 aromatic heterocycles. The third-order valence-corrected chi connectivity index (χ3v) is 5.24. The lowest BCUT2D eigenvalue weighted by Crippen LogP contribution is -2.41. The average molecular weight is 312 g/mol. The highest BCUT2D eigenvalue weighted by molar-refractivity contribution is 7.17. The van der Waals surface area contributed by atoms with Gasteiger partial charge in [-0.25, -0.2) is 4.98 Å². The molecular weight excluding hydrogens is 294 g/mol. The Morgan fingerprint density at radius 3 is 2.80 bits per heavy atom. The fourth-order valence-corrected chi connectivity index (χ4v) is 3.88. The third-order valence-electron chi connectivity index (χ3n) is 4.17. The van der Waals surface area contributed by atoms with Crippen molar-refractivity contribution in [1.29, 1.82) is 0 Å². The first kappa shape index (κ1) is 14.0. The Morgan fingerprint density at radius 1 is 1.40 bits per heavy atom. The van der Waals surface area contributed by atoms with Crippen molar-refractivity contribution < 1.29 is 5.11 Å². The summed E-state index contributed by atoms with van der Waals surface area (Å²) in [6.07, 6.45) is 3.60. The van der Waals surface area contributed by atoms with Gasteiger partial charge in [0.1, 0.15) is 0 Å². The lowest BCUT2D eigenvalue weighted by atomic mass is 9.83. The number of halogens is 1. The van der Waals surface area contributed by atoms with Crippen molar-refractivity contribution in [3.8, 4) is 0 Å². The zero-order chi connectivity index (χ0) is 14.3. The highest BCUT2D eigenvalue weighted by Crippen LogP contribution is 2.35. The van der Waals surface area contributed by atoms with Crippen molar-refractivity contribution in [3.05, 3.63) is 16.7 Å². The van der Waals surface area contributed by atoms with Crippen LogP contribution in [-0.4, -0.2) is 33.8 Å². The number of fused-ring (bicyclic) bond motifs is 1. The molecule has 1 saturated carbocycles. The number of thiophene rings is 1. The van der Waals surface area contributed by atoms with Gasteiger partial charge in [-0.1, -0.05) is 0 Å². The number of hydrogen-bond donors (Lipinski definition) is 1. The molecule has 1 aliphatic carbocycles. The molecule has 0 saturated heterocycles. The summed E-state index contributed by atoms with van der Waals surface area (Å²) < 4.78 is 1.08. The largest absolute Gasteiger partial charge is 0.390 e. The average Bonchev–Trinajstić information content (AvgIpc) is 2.85. The van der Waals surface area contributed by atoms with Gasteiger partial charge in [0.2, 0.25) is 5.28 Å². The van der Waals surface area contributed by atoms with Gasteiger partial charge in [0.05, 0.1) is 15.8 Å². The summed E-state index contributed by atoms with van der Waals surface area (Å²) in [5.41, 5.74) is 0.387. The molecule has 1 fully saturated rings. The molecule has 0 bridgehead atoms. The van der Waals surface area contributed by atoms with E-state index in [1.807, 2.05) is 18.4 Å². The second-order valence-corrected chi connectivity index (χ2v) is 7.04. The van der Waals surface area contributed by atoms with E-state index in [1.165, 1.54) is 0 Å². The predicted molar refractivity (Wildman–Crippen MR) is 83.7 cm³/mol. The van der Waals surface area contributed by atoms with Crippen LogP contribution in [0, 0.1) is 0 Å². The minimum absolute atomic E-state index is 0.292. The third kappa shape index (κ3) is 2.62. The molecule has 1 N–H and O–H groups in total. The summed E-state index contributed by atoms with van der Waals surface area (Å²) in [6, 6.07) is 2.36. The zero-order valence-corrected chi connectivity index (χ0v) is 13.2. The Balaban J connectivity index is 1.89. The summed E-state index contributed by atoms with van der Waals surface area (Å²) >= 11 is 7.66. The molecule has 0 amide bonds. The van der Waals surface area contributed by atoms with Crippen LogP contribution in [0.3, 0.4) is 0 Å². The molecular formula is C14H18ClN3OS. The molecule has 20 heavy (non-hydrogen) atoms. The van der Waals surface area contributed by atoms with E-state index in [9.17, 15) is 5.11 Å². The first-order valence-electron chi connectivity index (χ1n) is 6.82. The molecule has 0 spiro atoms. The molecule has 0 aromatic carbocycles. The van der Waals surface area contributed by atoms with Gasteiger partial charge in [-0.15, -0.1) is 11.3 Å². The number of aromatic nitrogens is 2. The smallest absolute Gasteiger partial charge is 0.224 e. The van der Waals surface area contributed by atoms with Crippen molar-refractivity contribution in [1.82, 2.24) is 9.97 Å². The van der Waals surface area contributed by atoms with E-state index in [1.54, 1.807) is 11.3 Å². The second-order valence-electron chi connectivity index (χ2n) is 5.79. The van der Waals surface area contributed by atoms with Crippen molar-refractivity contribution in [3.63, 3.8) is 0 Å². The predicted octanol–water partition coefficient (Wildman–Crippen LogP) is 3.47. The Bertz CT molecular complexity index is 618. The Kier molecular flexibility index (Phi) is 3.60. The van der Waals surface area contributed by atoms with E-state index >= 15 is 0 Å². The fourth-order valence-electron chi connectivity index (χ4n) is 2.84. The number of anilines is 1. The molecule has 0 unspecified atom stereocenters. The van der Waals surface area contributed by atoms with E-state index in [4.69, 9.17) is 11.6 Å². The van der Waals surface area contributed by atoms with Gasteiger partial charge in [0.25, 0.3) is 0 Å². The molecule has 0 radical (unpaired) electrons. The molecule has 1 aliphatic rings. The van der Waals surface area contributed by atoms with Crippen molar-refractivity contribution >= 4 is 39.0 Å². The maximum Gasteiger partial charge on any atom is 0.224 e. The minimum atomic E-state index is -0.515. The lowest BCUT2D eigenvalue weighted by Gasteiger charge is -2.38. The van der Waals surface area contributed by atoms with Gasteiger partial charge < -0.3 is 10.0 Å². The maximum absolute atomic E-state index is 10.1. The first-order valence-corrected chi connectivity index (χ1v) is 8.08. The van der Waals surface area contributed by atoms with Crippen LogP contribution >= 0.6 is 22.9 Å². The van der Waals surface area contributed by atoms with E-state index in [0.717, 1.165) is 41.7 Å². The van der Waals surface area contributed by atoms with Crippen molar-refractivity contribution in [2.75, 3.05) is 11.9 Å². The molecule has 2 heterocycles. The quantitative estimate of drug-likeness (QED) is 0.863. The monoisotopic (exact) mass is 311 g/mol. The molecule has 108 valence electrons. The summed E-state index contributed by atoms with van der Waals surface area (Å²) in [5, 5.41) is 12.4. The van der Waals surface area contributed by atoms with Crippen LogP contribution in [0.4, 0.5) is 5.82 Å². The van der Waals surface area contributed by atoms with Crippen molar-refractivity contribution in [2.45, 2.75) is 44.2 Å². The van der Waals surface area contributed by atoms with Gasteiger partial charge in [-0.05, 0) is 55.7 Å². The summed E-state index contributed by atoms with van der Waals surface area (Å²) in [7, 11) is 2.06. The zero-order valence-electron chi connectivity index (χ0n) is 11.6. The van der Waals surface area contributed by atoms with Crippen molar-refractivity contribution in [2.24, 2.45) is 0 Å². The SMILES string of the molecule is CN(c1nc(Cl)nc2ccsc12)C1CCC(C)(O)CC1. The summed E-state index contributed by atoms with van der Waals surface area (Å²) in [6.45, 7) is 1.92. The van der Waals surface area contributed by atoms with Gasteiger partial charge in [0, 0.05) is 13.1 Å². The van der Waals surface area contributed by atoms with Crippen LogP contribution in [0.2, 0.25) is 5.28 Å². The van der Waals surface area contributed by atoms with E-state index in [0.29, 0.717) is 11.3 Å². The second kappa shape index (κ2) is 5.13. The summed E-state index contributed by atoms with van der Waals surface area (Å²) in [4.78, 5) is 10.9. The number of nitrogens with zero attached hydrogens (tertiary/aromatic N) is 3. The molecule has 6 heteroatoms. The van der Waals surface area contributed by atoms with Crippen LogP contribution in [0.1, 0.15) is 32.6 Å². The maximum atomic E-state index is 10.1. The van der Waals surface area contributed by atoms with Gasteiger partial charge in [0.15, 0.2) is 5.82 Å². The molecule has 3 rings (SSSR count). The van der Waals surface area contributed by atoms with Crippen LogP contribution < -0.4 is 4.90 Å².